The molecular weight excluding hydrogens is 172 g/mol. The molecule has 0 aromatic carbocycles. The Kier molecular flexibility index (Phi) is 1.48. The van der Waals surface area contributed by atoms with Gasteiger partial charge in [-0.05, 0) is 6.92 Å². The zero-order valence-electron chi connectivity index (χ0n) is 6.80. The Labute approximate surface area is 72.9 Å². The number of nitrogens with zero attached hydrogens (tertiary/aromatic N) is 4. The van der Waals surface area contributed by atoms with E-state index in [2.05, 4.69) is 15.2 Å². The molecule has 0 fully saturated rings. The highest BCUT2D eigenvalue weighted by Crippen LogP contribution is 2.03. The van der Waals surface area contributed by atoms with Crippen molar-refractivity contribution in [2.45, 2.75) is 6.92 Å². The second kappa shape index (κ2) is 2.51. The van der Waals surface area contributed by atoms with E-state index in [0.29, 0.717) is 5.65 Å². The summed E-state index contributed by atoms with van der Waals surface area (Å²) in [4.78, 5) is 14.6. The average molecular weight is 178 g/mol. The van der Waals surface area contributed by atoms with Crippen LogP contribution in [0, 0.1) is 6.92 Å². The first-order chi connectivity index (χ1) is 6.18. The van der Waals surface area contributed by atoms with Crippen molar-refractivity contribution in [3.63, 3.8) is 0 Å². The van der Waals surface area contributed by atoms with Crippen molar-refractivity contribution < 1.29 is 9.90 Å². The maximum absolute atomic E-state index is 10.6. The summed E-state index contributed by atoms with van der Waals surface area (Å²) in [5, 5.41) is 15.9. The van der Waals surface area contributed by atoms with Gasteiger partial charge in [0, 0.05) is 11.8 Å². The van der Waals surface area contributed by atoms with Crippen LogP contribution in [0.25, 0.3) is 5.65 Å². The fraction of sp³-hybridized carbons (Fsp3) is 0.143. The summed E-state index contributed by atoms with van der Waals surface area (Å²) in [5.41, 5.74) is 1.27. The molecule has 66 valence electrons. The molecule has 1 N–H and O–H groups in total. The third-order valence-corrected chi connectivity index (χ3v) is 1.63. The highest BCUT2D eigenvalue weighted by molar-refractivity contribution is 5.84. The highest BCUT2D eigenvalue weighted by Gasteiger charge is 2.11. The van der Waals surface area contributed by atoms with E-state index in [1.54, 1.807) is 13.0 Å². The summed E-state index contributed by atoms with van der Waals surface area (Å²) < 4.78 is 1.33. The van der Waals surface area contributed by atoms with Crippen LogP contribution in [0.4, 0.5) is 0 Å². The zero-order chi connectivity index (χ0) is 9.42. The molecule has 2 heterocycles. The largest absolute Gasteiger partial charge is 0.475 e. The number of carboxylic acid groups (broad SMARTS) is 1. The standard InChI is InChI=1S/C7H6N4O2/c1-4-2-5-9-10-6(7(12)13)11(5)3-8-4/h2-3H,1H3,(H,12,13). The molecule has 2 rings (SSSR count). The van der Waals surface area contributed by atoms with E-state index in [1.807, 2.05) is 0 Å². The molecule has 0 atom stereocenters. The molecule has 0 saturated heterocycles. The molecule has 13 heavy (non-hydrogen) atoms. The molecule has 2 aromatic rings. The number of hydrogen-bond donors (Lipinski definition) is 1. The molecule has 0 spiro atoms. The number of aromatic nitrogens is 4. The predicted octanol–water partition coefficient (Wildman–Crippen LogP) is 0.131. The van der Waals surface area contributed by atoms with Crippen LogP contribution in [0.15, 0.2) is 12.4 Å². The maximum Gasteiger partial charge on any atom is 0.374 e. The van der Waals surface area contributed by atoms with Crippen molar-refractivity contribution in [1.29, 1.82) is 0 Å². The van der Waals surface area contributed by atoms with Gasteiger partial charge in [-0.1, -0.05) is 0 Å². The van der Waals surface area contributed by atoms with Crippen LogP contribution in [0.1, 0.15) is 16.3 Å². The quantitative estimate of drug-likeness (QED) is 0.671. The molecule has 6 heteroatoms. The van der Waals surface area contributed by atoms with Crippen LogP contribution in [0.5, 0.6) is 0 Å². The lowest BCUT2D eigenvalue weighted by Crippen LogP contribution is -2.04. The summed E-state index contributed by atoms with van der Waals surface area (Å²) in [6, 6.07) is 1.67. The number of carboxylic acids is 1. The molecule has 0 amide bonds. The number of aryl methyl sites for hydroxylation is 1. The topological polar surface area (TPSA) is 80.4 Å². The molecule has 0 saturated carbocycles. The summed E-state index contributed by atoms with van der Waals surface area (Å²) in [5.74, 6) is -1.24. The Morgan fingerprint density at radius 1 is 1.54 bits per heavy atom. The van der Waals surface area contributed by atoms with Gasteiger partial charge in [0.25, 0.3) is 0 Å². The molecular formula is C7H6N4O2. The molecule has 0 aliphatic rings. The Morgan fingerprint density at radius 2 is 2.31 bits per heavy atom. The normalized spacial score (nSPS) is 10.5. The molecule has 0 bridgehead atoms. The van der Waals surface area contributed by atoms with Gasteiger partial charge in [0.2, 0.25) is 5.82 Å². The Morgan fingerprint density at radius 3 is 3.00 bits per heavy atom. The van der Waals surface area contributed by atoms with Crippen LogP contribution in [0.2, 0.25) is 0 Å². The first kappa shape index (κ1) is 7.66. The maximum atomic E-state index is 10.6. The van der Waals surface area contributed by atoms with E-state index in [-0.39, 0.29) is 5.82 Å². The third-order valence-electron chi connectivity index (χ3n) is 1.63. The smallest absolute Gasteiger partial charge is 0.374 e. The van der Waals surface area contributed by atoms with Gasteiger partial charge in [-0.2, -0.15) is 0 Å². The van der Waals surface area contributed by atoms with Crippen LogP contribution in [-0.4, -0.2) is 30.7 Å². The molecule has 0 aliphatic heterocycles. The molecule has 2 aromatic heterocycles. The number of hydrogen-bond acceptors (Lipinski definition) is 4. The lowest BCUT2D eigenvalue weighted by atomic mass is 10.4. The van der Waals surface area contributed by atoms with Crippen molar-refractivity contribution >= 4 is 11.6 Å². The number of fused-ring (bicyclic) bond motifs is 1. The lowest BCUT2D eigenvalue weighted by molar-refractivity contribution is 0.0682. The van der Waals surface area contributed by atoms with Crippen molar-refractivity contribution in [3.8, 4) is 0 Å². The minimum Gasteiger partial charge on any atom is -0.475 e. The van der Waals surface area contributed by atoms with Gasteiger partial charge in [0.15, 0.2) is 5.65 Å². The van der Waals surface area contributed by atoms with Crippen molar-refractivity contribution in [2.75, 3.05) is 0 Å². The highest BCUT2D eigenvalue weighted by atomic mass is 16.4. The van der Waals surface area contributed by atoms with E-state index in [0.717, 1.165) is 5.69 Å². The van der Waals surface area contributed by atoms with Gasteiger partial charge in [-0.25, -0.2) is 9.78 Å². The van der Waals surface area contributed by atoms with Crippen LogP contribution in [0.3, 0.4) is 0 Å². The number of carbonyl (C=O) groups is 1. The van der Waals surface area contributed by atoms with Crippen molar-refractivity contribution in [2.24, 2.45) is 0 Å². The Hall–Kier alpha value is -1.98. The van der Waals surface area contributed by atoms with Crippen molar-refractivity contribution in [3.05, 3.63) is 23.9 Å². The van der Waals surface area contributed by atoms with Crippen molar-refractivity contribution in [1.82, 2.24) is 19.6 Å². The van der Waals surface area contributed by atoms with E-state index in [9.17, 15) is 4.79 Å². The first-order valence-electron chi connectivity index (χ1n) is 3.59. The minimum absolute atomic E-state index is 0.123. The molecule has 6 nitrogen and oxygen atoms in total. The zero-order valence-corrected chi connectivity index (χ0v) is 6.80. The number of rotatable bonds is 1. The Bertz CT molecular complexity index is 476. The summed E-state index contributed by atoms with van der Waals surface area (Å²) >= 11 is 0. The van der Waals surface area contributed by atoms with Crippen LogP contribution in [-0.2, 0) is 0 Å². The van der Waals surface area contributed by atoms with Crippen LogP contribution >= 0.6 is 0 Å². The monoisotopic (exact) mass is 178 g/mol. The van der Waals surface area contributed by atoms with E-state index in [1.165, 1.54) is 10.7 Å². The first-order valence-corrected chi connectivity index (χ1v) is 3.59. The second-order valence-corrected chi connectivity index (χ2v) is 2.59. The minimum atomic E-state index is -1.11. The fourth-order valence-corrected chi connectivity index (χ4v) is 1.03. The summed E-state index contributed by atoms with van der Waals surface area (Å²) in [7, 11) is 0. The van der Waals surface area contributed by atoms with Gasteiger partial charge in [-0.15, -0.1) is 10.2 Å². The second-order valence-electron chi connectivity index (χ2n) is 2.59. The average Bonchev–Trinajstić information content (AvgIpc) is 2.46. The molecule has 0 unspecified atom stereocenters. The lowest BCUT2D eigenvalue weighted by Gasteiger charge is -1.94. The van der Waals surface area contributed by atoms with Gasteiger partial charge >= 0.3 is 5.97 Å². The summed E-state index contributed by atoms with van der Waals surface area (Å²) in [6.07, 6.45) is 1.40. The predicted molar refractivity (Wildman–Crippen MR) is 42.5 cm³/mol. The molecule has 0 aliphatic carbocycles. The third kappa shape index (κ3) is 1.12. The van der Waals surface area contributed by atoms with E-state index in [4.69, 9.17) is 5.11 Å². The molecule has 0 radical (unpaired) electrons. The van der Waals surface area contributed by atoms with E-state index < -0.39 is 5.97 Å². The van der Waals surface area contributed by atoms with Crippen LogP contribution < -0.4 is 0 Å². The fourth-order valence-electron chi connectivity index (χ4n) is 1.03. The number of aromatic carboxylic acids is 1. The Balaban J connectivity index is 2.76. The van der Waals surface area contributed by atoms with Gasteiger partial charge < -0.3 is 5.11 Å². The SMILES string of the molecule is Cc1cc2nnc(C(=O)O)n2cn1. The summed E-state index contributed by atoms with van der Waals surface area (Å²) in [6.45, 7) is 1.80. The van der Waals surface area contributed by atoms with Gasteiger partial charge in [-0.3, -0.25) is 4.40 Å². The van der Waals surface area contributed by atoms with Gasteiger partial charge in [0.1, 0.15) is 6.33 Å². The van der Waals surface area contributed by atoms with Gasteiger partial charge in [0.05, 0.1) is 0 Å². The van der Waals surface area contributed by atoms with E-state index >= 15 is 0 Å².